The quantitative estimate of drug-likeness (QED) is 0.765. The van der Waals surface area contributed by atoms with Crippen molar-refractivity contribution in [3.8, 4) is 0 Å². The summed E-state index contributed by atoms with van der Waals surface area (Å²) in [6, 6.07) is 0. The second-order valence-electron chi connectivity index (χ2n) is 5.12. The summed E-state index contributed by atoms with van der Waals surface area (Å²) >= 11 is 0. The molecule has 5 nitrogen and oxygen atoms in total. The molecule has 0 aromatic heterocycles. The number of allylic oxidation sites excluding steroid dienone is 2. The average molecular weight is 267 g/mol. The highest BCUT2D eigenvalue weighted by atomic mass is 16.5. The van der Waals surface area contributed by atoms with Crippen LogP contribution in [0.5, 0.6) is 0 Å². The number of hydrogen-bond donors (Lipinski definition) is 2. The van der Waals surface area contributed by atoms with E-state index in [1.54, 1.807) is 0 Å². The van der Waals surface area contributed by atoms with Crippen LogP contribution in [0.2, 0.25) is 0 Å². The third-order valence-electron chi connectivity index (χ3n) is 3.54. The molecule has 2 N–H and O–H groups in total. The van der Waals surface area contributed by atoms with E-state index < -0.39 is 12.1 Å². The summed E-state index contributed by atoms with van der Waals surface area (Å²) < 4.78 is 5.31. The lowest BCUT2D eigenvalue weighted by Crippen LogP contribution is -2.37. The third kappa shape index (κ3) is 4.45. The number of morpholine rings is 1. The van der Waals surface area contributed by atoms with Crippen molar-refractivity contribution < 1.29 is 19.7 Å². The van der Waals surface area contributed by atoms with Crippen molar-refractivity contribution in [2.24, 2.45) is 5.92 Å². The molecule has 1 saturated heterocycles. The second-order valence-corrected chi connectivity index (χ2v) is 5.12. The van der Waals surface area contributed by atoms with E-state index in [1.165, 1.54) is 5.57 Å². The molecule has 1 aliphatic heterocycles. The van der Waals surface area contributed by atoms with Gasteiger partial charge in [-0.2, -0.15) is 0 Å². The summed E-state index contributed by atoms with van der Waals surface area (Å²) in [5.41, 5.74) is 1.20. The van der Waals surface area contributed by atoms with Gasteiger partial charge in [0.25, 0.3) is 0 Å². The fourth-order valence-corrected chi connectivity index (χ4v) is 2.50. The van der Waals surface area contributed by atoms with Crippen LogP contribution in [0.3, 0.4) is 0 Å². The Kier molecular flexibility index (Phi) is 5.13. The summed E-state index contributed by atoms with van der Waals surface area (Å²) in [5, 5.41) is 18.1. The lowest BCUT2D eigenvalue weighted by Gasteiger charge is -2.28. The van der Waals surface area contributed by atoms with Crippen LogP contribution in [-0.4, -0.2) is 60.0 Å². The van der Waals surface area contributed by atoms with Gasteiger partial charge >= 0.3 is 5.97 Å². The van der Waals surface area contributed by atoms with Crippen molar-refractivity contribution in [3.63, 3.8) is 0 Å². The molecule has 1 fully saturated rings. The Labute approximate surface area is 113 Å². The van der Waals surface area contributed by atoms with Crippen LogP contribution in [0, 0.1) is 5.92 Å². The predicted octanol–water partition coefficient (Wildman–Crippen LogP) is 0.657. The number of aliphatic hydroxyl groups excluding tert-OH is 1. The molecule has 0 bridgehead atoms. The largest absolute Gasteiger partial charge is 0.479 e. The molecule has 106 valence electrons. The number of hydrogen-bond acceptors (Lipinski definition) is 4. The monoisotopic (exact) mass is 267 g/mol. The maximum Gasteiger partial charge on any atom is 0.332 e. The lowest BCUT2D eigenvalue weighted by atomic mass is 9.91. The number of aliphatic hydroxyl groups is 1. The van der Waals surface area contributed by atoms with Crippen LogP contribution in [0.1, 0.15) is 12.8 Å². The van der Waals surface area contributed by atoms with E-state index in [-0.39, 0.29) is 12.3 Å². The fraction of sp³-hybridized carbons (Fsp3) is 0.643. The molecule has 0 aromatic rings. The minimum absolute atomic E-state index is 0.118. The Morgan fingerprint density at radius 2 is 2.21 bits per heavy atom. The van der Waals surface area contributed by atoms with Crippen LogP contribution in [0.25, 0.3) is 0 Å². The van der Waals surface area contributed by atoms with E-state index >= 15 is 0 Å². The van der Waals surface area contributed by atoms with Gasteiger partial charge in [0.05, 0.1) is 13.2 Å². The molecule has 0 radical (unpaired) electrons. The molecule has 0 amide bonds. The standard InChI is InChI=1S/C14H21NO4/c16-13(14(17)18)9-11-2-1-3-12(8-11)10-15-4-6-19-7-5-15/h1,3,8,11,13,16H,2,4-7,9-10H2,(H,17,18). The van der Waals surface area contributed by atoms with Crippen molar-refractivity contribution in [3.05, 3.63) is 23.8 Å². The van der Waals surface area contributed by atoms with Crippen molar-refractivity contribution in [2.75, 3.05) is 32.8 Å². The van der Waals surface area contributed by atoms with Crippen molar-refractivity contribution >= 4 is 5.97 Å². The van der Waals surface area contributed by atoms with Crippen LogP contribution in [-0.2, 0) is 9.53 Å². The highest BCUT2D eigenvalue weighted by Gasteiger charge is 2.20. The second kappa shape index (κ2) is 6.84. The zero-order valence-electron chi connectivity index (χ0n) is 11.0. The first-order chi connectivity index (χ1) is 9.15. The Hall–Kier alpha value is -1.17. The number of rotatable bonds is 5. The Morgan fingerprint density at radius 3 is 2.89 bits per heavy atom. The highest BCUT2D eigenvalue weighted by molar-refractivity contribution is 5.71. The average Bonchev–Trinajstić information content (AvgIpc) is 2.40. The molecular formula is C14H21NO4. The molecule has 2 rings (SSSR count). The molecule has 1 heterocycles. The van der Waals surface area contributed by atoms with Crippen LogP contribution >= 0.6 is 0 Å². The van der Waals surface area contributed by atoms with E-state index in [1.807, 2.05) is 0 Å². The predicted molar refractivity (Wildman–Crippen MR) is 70.8 cm³/mol. The van der Waals surface area contributed by atoms with E-state index in [9.17, 15) is 9.90 Å². The molecule has 19 heavy (non-hydrogen) atoms. The van der Waals surface area contributed by atoms with E-state index in [2.05, 4.69) is 23.1 Å². The van der Waals surface area contributed by atoms with Crippen LogP contribution < -0.4 is 0 Å². The summed E-state index contributed by atoms with van der Waals surface area (Å²) in [7, 11) is 0. The van der Waals surface area contributed by atoms with Gasteiger partial charge < -0.3 is 14.9 Å². The van der Waals surface area contributed by atoms with E-state index in [4.69, 9.17) is 9.84 Å². The molecule has 2 unspecified atom stereocenters. The summed E-state index contributed by atoms with van der Waals surface area (Å²) in [4.78, 5) is 13.0. The number of carboxylic acids is 1. The maximum absolute atomic E-state index is 10.7. The van der Waals surface area contributed by atoms with Gasteiger partial charge in [0.2, 0.25) is 0 Å². The van der Waals surface area contributed by atoms with E-state index in [0.29, 0.717) is 0 Å². The number of carboxylic acid groups (broad SMARTS) is 1. The van der Waals surface area contributed by atoms with Gasteiger partial charge in [0.15, 0.2) is 6.10 Å². The van der Waals surface area contributed by atoms with Gasteiger partial charge in [-0.25, -0.2) is 4.79 Å². The first kappa shape index (κ1) is 14.2. The summed E-state index contributed by atoms with van der Waals surface area (Å²) in [5.74, 6) is -1.02. The maximum atomic E-state index is 10.7. The van der Waals surface area contributed by atoms with Gasteiger partial charge in [0, 0.05) is 19.6 Å². The molecule has 5 heteroatoms. The zero-order chi connectivity index (χ0) is 13.7. The van der Waals surface area contributed by atoms with Gasteiger partial charge in [0.1, 0.15) is 0 Å². The number of carbonyl (C=O) groups is 1. The Balaban J connectivity index is 1.87. The Morgan fingerprint density at radius 1 is 1.47 bits per heavy atom. The smallest absolute Gasteiger partial charge is 0.332 e. The third-order valence-corrected chi connectivity index (χ3v) is 3.54. The molecule has 0 aromatic carbocycles. The first-order valence-corrected chi connectivity index (χ1v) is 6.73. The van der Waals surface area contributed by atoms with Gasteiger partial charge in [-0.1, -0.05) is 18.2 Å². The number of ether oxygens (including phenoxy) is 1. The summed E-state index contributed by atoms with van der Waals surface area (Å²) in [6.07, 6.45) is 6.08. The molecule has 2 aliphatic rings. The normalized spacial score (nSPS) is 25.9. The topological polar surface area (TPSA) is 70.0 Å². The SMILES string of the molecule is O=C(O)C(O)CC1C=C(CN2CCOCC2)C=CC1. The van der Waals surface area contributed by atoms with Gasteiger partial charge in [-0.05, 0) is 24.3 Å². The minimum atomic E-state index is -1.27. The van der Waals surface area contributed by atoms with Crippen molar-refractivity contribution in [2.45, 2.75) is 18.9 Å². The van der Waals surface area contributed by atoms with Gasteiger partial charge in [-0.3, -0.25) is 4.90 Å². The van der Waals surface area contributed by atoms with E-state index in [0.717, 1.165) is 39.3 Å². The molecular weight excluding hydrogens is 246 g/mol. The number of nitrogens with zero attached hydrogens (tertiary/aromatic N) is 1. The highest BCUT2D eigenvalue weighted by Crippen LogP contribution is 2.22. The summed E-state index contributed by atoms with van der Waals surface area (Å²) in [6.45, 7) is 4.30. The zero-order valence-corrected chi connectivity index (χ0v) is 11.0. The molecule has 0 spiro atoms. The van der Waals surface area contributed by atoms with Gasteiger partial charge in [-0.15, -0.1) is 0 Å². The van der Waals surface area contributed by atoms with Crippen LogP contribution in [0.4, 0.5) is 0 Å². The lowest BCUT2D eigenvalue weighted by molar-refractivity contribution is -0.147. The molecule has 1 aliphatic carbocycles. The van der Waals surface area contributed by atoms with Crippen molar-refractivity contribution in [1.82, 2.24) is 4.90 Å². The van der Waals surface area contributed by atoms with Crippen LogP contribution in [0.15, 0.2) is 23.8 Å². The minimum Gasteiger partial charge on any atom is -0.479 e. The molecule has 2 atom stereocenters. The Bertz CT molecular complexity index is 372. The number of aliphatic carboxylic acids is 1. The fourth-order valence-electron chi connectivity index (χ4n) is 2.50. The first-order valence-electron chi connectivity index (χ1n) is 6.73. The molecule has 0 saturated carbocycles. The van der Waals surface area contributed by atoms with Crippen molar-refractivity contribution in [1.29, 1.82) is 0 Å².